The lowest BCUT2D eigenvalue weighted by Crippen LogP contribution is -2.33. The molecule has 0 aliphatic carbocycles. The Morgan fingerprint density at radius 2 is 1.88 bits per heavy atom. The van der Waals surface area contributed by atoms with Crippen LogP contribution in [0.4, 0.5) is 0 Å². The largest absolute Gasteiger partial charge is 0.486 e. The van der Waals surface area contributed by atoms with Gasteiger partial charge >= 0.3 is 0 Å². The van der Waals surface area contributed by atoms with Crippen LogP contribution in [0.5, 0.6) is 11.5 Å². The zero-order chi connectivity index (χ0) is 16.4. The topological polar surface area (TPSA) is 52.4 Å². The molecule has 0 radical (unpaired) electrons. The minimum Gasteiger partial charge on any atom is -0.486 e. The van der Waals surface area contributed by atoms with Crippen molar-refractivity contribution in [3.05, 3.63) is 30.4 Å². The molecule has 3 heterocycles. The molecule has 0 bridgehead atoms. The summed E-state index contributed by atoms with van der Waals surface area (Å²) in [6.45, 7) is 6.85. The maximum atomic E-state index is 5.69. The maximum absolute atomic E-state index is 5.69. The van der Waals surface area contributed by atoms with Crippen molar-refractivity contribution in [2.75, 3.05) is 32.8 Å². The van der Waals surface area contributed by atoms with Gasteiger partial charge in [0, 0.05) is 18.5 Å². The highest BCUT2D eigenvalue weighted by Gasteiger charge is 2.20. The summed E-state index contributed by atoms with van der Waals surface area (Å²) in [5.74, 6) is 2.91. The molecule has 24 heavy (non-hydrogen) atoms. The van der Waals surface area contributed by atoms with E-state index in [0.29, 0.717) is 19.1 Å². The van der Waals surface area contributed by atoms with Crippen LogP contribution in [-0.4, -0.2) is 52.5 Å². The number of piperidine rings is 1. The van der Waals surface area contributed by atoms with Crippen molar-refractivity contribution in [3.63, 3.8) is 0 Å². The normalized spacial score (nSPS) is 19.2. The van der Waals surface area contributed by atoms with Crippen LogP contribution in [-0.2, 0) is 0 Å². The lowest BCUT2D eigenvalue weighted by molar-refractivity contribution is 0.171. The second kappa shape index (κ2) is 6.81. The van der Waals surface area contributed by atoms with Gasteiger partial charge in [0.1, 0.15) is 25.4 Å². The number of fused-ring (bicyclic) bond motifs is 1. The molecule has 1 fully saturated rings. The summed E-state index contributed by atoms with van der Waals surface area (Å²) in [6, 6.07) is 5.95. The highest BCUT2D eigenvalue weighted by Crippen LogP contribution is 2.32. The zero-order valence-corrected chi connectivity index (χ0v) is 14.1. The fourth-order valence-electron chi connectivity index (χ4n) is 3.56. The van der Waals surface area contributed by atoms with E-state index in [4.69, 9.17) is 9.47 Å². The first-order valence-electron chi connectivity index (χ1n) is 8.83. The van der Waals surface area contributed by atoms with Crippen LogP contribution < -0.4 is 9.47 Å². The summed E-state index contributed by atoms with van der Waals surface area (Å²) in [4.78, 5) is 7.06. The molecule has 1 atom stereocenters. The Kier molecular flexibility index (Phi) is 4.38. The minimum absolute atomic E-state index is 0.332. The first-order chi connectivity index (χ1) is 11.8. The quantitative estimate of drug-likeness (QED) is 0.863. The molecule has 2 aromatic rings. The lowest BCUT2D eigenvalue weighted by atomic mass is 10.1. The number of ether oxygens (including phenoxy) is 2. The monoisotopic (exact) mass is 328 g/mol. The van der Waals surface area contributed by atoms with Crippen LogP contribution in [0, 0.1) is 0 Å². The third kappa shape index (κ3) is 3.11. The fourth-order valence-corrected chi connectivity index (χ4v) is 3.56. The number of hydrogen-bond acceptors (Lipinski definition) is 5. The van der Waals surface area contributed by atoms with Gasteiger partial charge in [0.05, 0.1) is 5.69 Å². The van der Waals surface area contributed by atoms with Crippen LogP contribution in [0.1, 0.15) is 37.9 Å². The predicted molar refractivity (Wildman–Crippen MR) is 91.1 cm³/mol. The van der Waals surface area contributed by atoms with E-state index in [1.54, 1.807) is 6.33 Å². The van der Waals surface area contributed by atoms with E-state index in [2.05, 4.69) is 21.9 Å². The zero-order valence-electron chi connectivity index (χ0n) is 14.1. The Balaban J connectivity index is 1.55. The molecule has 2 aliphatic heterocycles. The Morgan fingerprint density at radius 1 is 1.08 bits per heavy atom. The van der Waals surface area contributed by atoms with Crippen molar-refractivity contribution in [1.29, 1.82) is 0 Å². The molecule has 0 spiro atoms. The minimum atomic E-state index is 0.332. The Morgan fingerprint density at radius 3 is 2.71 bits per heavy atom. The summed E-state index contributed by atoms with van der Waals surface area (Å²) in [5.41, 5.74) is 0.970. The standard InChI is InChI=1S/C18H24N4O2/c1-14(12-21-7-3-2-4-8-21)18-19-13-20-22(18)15-5-6-16-17(11-15)24-10-9-23-16/h5-6,11,13-14H,2-4,7-10,12H2,1H3. The molecule has 1 unspecified atom stereocenters. The Bertz CT molecular complexity index is 694. The molecule has 4 rings (SSSR count). The molecular formula is C18H24N4O2. The van der Waals surface area contributed by atoms with Gasteiger partial charge in [-0.3, -0.25) is 0 Å². The van der Waals surface area contributed by atoms with Gasteiger partial charge < -0.3 is 14.4 Å². The predicted octanol–water partition coefficient (Wildman–Crippen LogP) is 2.63. The number of hydrogen-bond donors (Lipinski definition) is 0. The average Bonchev–Trinajstić information content (AvgIpc) is 3.12. The van der Waals surface area contributed by atoms with Crippen molar-refractivity contribution >= 4 is 0 Å². The van der Waals surface area contributed by atoms with E-state index in [9.17, 15) is 0 Å². The van der Waals surface area contributed by atoms with Crippen LogP contribution >= 0.6 is 0 Å². The smallest absolute Gasteiger partial charge is 0.163 e. The molecule has 0 amide bonds. The third-order valence-electron chi connectivity index (χ3n) is 4.77. The van der Waals surface area contributed by atoms with Crippen LogP contribution in [0.3, 0.4) is 0 Å². The molecule has 6 heteroatoms. The van der Waals surface area contributed by atoms with Crippen LogP contribution in [0.25, 0.3) is 5.69 Å². The number of nitrogens with zero attached hydrogens (tertiary/aromatic N) is 4. The van der Waals surface area contributed by atoms with Crippen molar-refractivity contribution in [1.82, 2.24) is 19.7 Å². The van der Waals surface area contributed by atoms with Gasteiger partial charge in [-0.1, -0.05) is 13.3 Å². The van der Waals surface area contributed by atoms with E-state index >= 15 is 0 Å². The summed E-state index contributed by atoms with van der Waals surface area (Å²) in [7, 11) is 0. The van der Waals surface area contributed by atoms with Crippen molar-refractivity contribution < 1.29 is 9.47 Å². The van der Waals surface area contributed by atoms with Crippen molar-refractivity contribution in [2.45, 2.75) is 32.1 Å². The molecule has 1 saturated heterocycles. The van der Waals surface area contributed by atoms with Gasteiger partial charge in [0.2, 0.25) is 0 Å². The third-order valence-corrected chi connectivity index (χ3v) is 4.77. The van der Waals surface area contributed by atoms with Gasteiger partial charge in [-0.2, -0.15) is 5.10 Å². The number of rotatable bonds is 4. The number of aromatic nitrogens is 3. The Hall–Kier alpha value is -2.08. The maximum Gasteiger partial charge on any atom is 0.163 e. The highest BCUT2D eigenvalue weighted by atomic mass is 16.6. The highest BCUT2D eigenvalue weighted by molar-refractivity contribution is 5.49. The summed E-state index contributed by atoms with van der Waals surface area (Å²) >= 11 is 0. The molecule has 0 saturated carbocycles. The van der Waals surface area contributed by atoms with Gasteiger partial charge in [-0.15, -0.1) is 0 Å². The van der Waals surface area contributed by atoms with E-state index in [1.165, 1.54) is 32.4 Å². The lowest BCUT2D eigenvalue weighted by Gasteiger charge is -2.28. The first kappa shape index (κ1) is 15.4. The van der Waals surface area contributed by atoms with E-state index in [1.807, 2.05) is 22.9 Å². The number of benzene rings is 1. The van der Waals surface area contributed by atoms with E-state index in [-0.39, 0.29) is 0 Å². The molecule has 0 N–H and O–H groups in total. The van der Waals surface area contributed by atoms with Crippen LogP contribution in [0.2, 0.25) is 0 Å². The van der Waals surface area contributed by atoms with Gasteiger partial charge in [-0.05, 0) is 38.1 Å². The summed E-state index contributed by atoms with van der Waals surface area (Å²) in [5, 5.41) is 4.44. The van der Waals surface area contributed by atoms with E-state index in [0.717, 1.165) is 29.6 Å². The van der Waals surface area contributed by atoms with Gasteiger partial charge in [0.25, 0.3) is 0 Å². The molecular weight excluding hydrogens is 304 g/mol. The average molecular weight is 328 g/mol. The van der Waals surface area contributed by atoms with Crippen LogP contribution in [0.15, 0.2) is 24.5 Å². The fraction of sp³-hybridized carbons (Fsp3) is 0.556. The Labute approximate surface area is 142 Å². The summed E-state index contributed by atoms with van der Waals surface area (Å²) in [6.07, 6.45) is 5.61. The first-order valence-corrected chi connectivity index (χ1v) is 8.83. The number of likely N-dealkylation sites (tertiary alicyclic amines) is 1. The van der Waals surface area contributed by atoms with E-state index < -0.39 is 0 Å². The van der Waals surface area contributed by atoms with Gasteiger partial charge in [-0.25, -0.2) is 9.67 Å². The molecule has 1 aromatic heterocycles. The SMILES string of the molecule is CC(CN1CCCCC1)c1ncnn1-c1ccc2c(c1)OCCO2. The second-order valence-corrected chi connectivity index (χ2v) is 6.62. The van der Waals surface area contributed by atoms with Gasteiger partial charge in [0.15, 0.2) is 11.5 Å². The second-order valence-electron chi connectivity index (χ2n) is 6.62. The molecule has 2 aliphatic rings. The van der Waals surface area contributed by atoms with Crippen molar-refractivity contribution in [3.8, 4) is 17.2 Å². The molecule has 1 aromatic carbocycles. The molecule has 128 valence electrons. The summed E-state index contributed by atoms with van der Waals surface area (Å²) < 4.78 is 13.2. The van der Waals surface area contributed by atoms with Crippen molar-refractivity contribution in [2.24, 2.45) is 0 Å². The molecule has 6 nitrogen and oxygen atoms in total.